The fourth-order valence-corrected chi connectivity index (χ4v) is 1.78. The highest BCUT2D eigenvalue weighted by Gasteiger charge is 2.33. The summed E-state index contributed by atoms with van der Waals surface area (Å²) in [6.07, 6.45) is -3.03. The molecular formula is C12H9ClF3N3O. The minimum Gasteiger partial charge on any atom is -0.321 e. The summed E-state index contributed by atoms with van der Waals surface area (Å²) < 4.78 is 39.5. The molecular weight excluding hydrogens is 295 g/mol. The molecule has 0 atom stereocenters. The number of hydrogen-bond acceptors (Lipinski definition) is 2. The van der Waals surface area contributed by atoms with Crippen LogP contribution in [0.1, 0.15) is 16.1 Å². The van der Waals surface area contributed by atoms with Crippen molar-refractivity contribution in [2.24, 2.45) is 7.05 Å². The van der Waals surface area contributed by atoms with Gasteiger partial charge in [0.25, 0.3) is 5.91 Å². The SMILES string of the molecule is Cn1ccc(C(=O)Nc2ccc(Cl)c(C(F)(F)F)c2)n1. The van der Waals surface area contributed by atoms with E-state index in [-0.39, 0.29) is 11.4 Å². The van der Waals surface area contributed by atoms with Gasteiger partial charge in [0.15, 0.2) is 5.69 Å². The maximum atomic E-state index is 12.7. The zero-order chi connectivity index (χ0) is 14.9. The molecule has 1 heterocycles. The van der Waals surface area contributed by atoms with E-state index in [2.05, 4.69) is 10.4 Å². The molecule has 0 fully saturated rings. The molecule has 106 valence electrons. The topological polar surface area (TPSA) is 46.9 Å². The Kier molecular flexibility index (Phi) is 3.71. The maximum absolute atomic E-state index is 12.7. The summed E-state index contributed by atoms with van der Waals surface area (Å²) in [6.45, 7) is 0. The van der Waals surface area contributed by atoms with Crippen LogP contribution in [0.4, 0.5) is 18.9 Å². The van der Waals surface area contributed by atoms with E-state index in [0.29, 0.717) is 0 Å². The van der Waals surface area contributed by atoms with Gasteiger partial charge in [-0.25, -0.2) is 0 Å². The van der Waals surface area contributed by atoms with Gasteiger partial charge in [0.05, 0.1) is 10.6 Å². The molecule has 0 saturated heterocycles. The van der Waals surface area contributed by atoms with Gasteiger partial charge in [-0.3, -0.25) is 9.48 Å². The average Bonchev–Trinajstić information content (AvgIpc) is 2.77. The molecule has 0 bridgehead atoms. The lowest BCUT2D eigenvalue weighted by Gasteiger charge is -2.11. The minimum atomic E-state index is -4.58. The Balaban J connectivity index is 2.24. The van der Waals surface area contributed by atoms with Gasteiger partial charge >= 0.3 is 6.18 Å². The number of anilines is 1. The molecule has 0 aliphatic carbocycles. The highest BCUT2D eigenvalue weighted by molar-refractivity contribution is 6.31. The van der Waals surface area contributed by atoms with Crippen LogP contribution < -0.4 is 5.32 Å². The highest BCUT2D eigenvalue weighted by Crippen LogP contribution is 2.36. The second-order valence-corrected chi connectivity index (χ2v) is 4.43. The van der Waals surface area contributed by atoms with Gasteiger partial charge in [0.1, 0.15) is 0 Å². The van der Waals surface area contributed by atoms with E-state index < -0.39 is 22.7 Å². The molecule has 0 saturated carbocycles. The number of carbonyl (C=O) groups is 1. The van der Waals surface area contributed by atoms with Gasteiger partial charge in [-0.15, -0.1) is 0 Å². The Morgan fingerprint density at radius 3 is 2.60 bits per heavy atom. The van der Waals surface area contributed by atoms with Gasteiger partial charge < -0.3 is 5.32 Å². The lowest BCUT2D eigenvalue weighted by Crippen LogP contribution is -2.14. The minimum absolute atomic E-state index is 0.00243. The number of hydrogen-bond donors (Lipinski definition) is 1. The molecule has 1 N–H and O–H groups in total. The van der Waals surface area contributed by atoms with Crippen LogP contribution in [0.3, 0.4) is 0 Å². The predicted molar refractivity (Wildman–Crippen MR) is 67.6 cm³/mol. The Bertz CT molecular complexity index is 652. The molecule has 1 aromatic carbocycles. The number of benzene rings is 1. The second-order valence-electron chi connectivity index (χ2n) is 4.02. The van der Waals surface area contributed by atoms with Crippen molar-refractivity contribution in [2.45, 2.75) is 6.18 Å². The van der Waals surface area contributed by atoms with Crippen molar-refractivity contribution in [1.82, 2.24) is 9.78 Å². The number of carbonyl (C=O) groups excluding carboxylic acids is 1. The molecule has 0 unspecified atom stereocenters. The van der Waals surface area contributed by atoms with E-state index >= 15 is 0 Å². The van der Waals surface area contributed by atoms with Crippen molar-refractivity contribution in [2.75, 3.05) is 5.32 Å². The van der Waals surface area contributed by atoms with Crippen LogP contribution in [0, 0.1) is 0 Å². The Morgan fingerprint density at radius 1 is 1.35 bits per heavy atom. The zero-order valence-electron chi connectivity index (χ0n) is 10.2. The smallest absolute Gasteiger partial charge is 0.321 e. The molecule has 0 radical (unpaired) electrons. The van der Waals surface area contributed by atoms with Crippen molar-refractivity contribution in [1.29, 1.82) is 0 Å². The fourth-order valence-electron chi connectivity index (χ4n) is 1.55. The van der Waals surface area contributed by atoms with Crippen LogP contribution in [0.5, 0.6) is 0 Å². The summed E-state index contributed by atoms with van der Waals surface area (Å²) in [7, 11) is 1.63. The summed E-state index contributed by atoms with van der Waals surface area (Å²) in [4.78, 5) is 11.8. The molecule has 1 aromatic heterocycles. The van der Waals surface area contributed by atoms with Crippen LogP contribution >= 0.6 is 11.6 Å². The van der Waals surface area contributed by atoms with Gasteiger partial charge in [0, 0.05) is 18.9 Å². The van der Waals surface area contributed by atoms with Gasteiger partial charge in [-0.2, -0.15) is 18.3 Å². The second kappa shape index (κ2) is 5.16. The number of aryl methyl sites for hydroxylation is 1. The number of alkyl halides is 3. The monoisotopic (exact) mass is 303 g/mol. The lowest BCUT2D eigenvalue weighted by molar-refractivity contribution is -0.137. The molecule has 0 spiro atoms. The van der Waals surface area contributed by atoms with Crippen LogP contribution in [0.15, 0.2) is 30.5 Å². The zero-order valence-corrected chi connectivity index (χ0v) is 11.0. The van der Waals surface area contributed by atoms with Crippen molar-refractivity contribution >= 4 is 23.2 Å². The van der Waals surface area contributed by atoms with Crippen molar-refractivity contribution in [3.63, 3.8) is 0 Å². The number of rotatable bonds is 2. The Labute approximate surface area is 117 Å². The van der Waals surface area contributed by atoms with Crippen molar-refractivity contribution in [3.05, 3.63) is 46.7 Å². The predicted octanol–water partition coefficient (Wildman–Crippen LogP) is 3.34. The first kappa shape index (κ1) is 14.4. The number of halogens is 4. The van der Waals surface area contributed by atoms with E-state index in [1.807, 2.05) is 0 Å². The van der Waals surface area contributed by atoms with E-state index in [1.165, 1.54) is 16.8 Å². The summed E-state index contributed by atoms with van der Waals surface area (Å²) in [5.74, 6) is -0.596. The van der Waals surface area contributed by atoms with Crippen LogP contribution in [-0.4, -0.2) is 15.7 Å². The summed E-state index contributed by atoms with van der Waals surface area (Å²) in [5, 5.41) is 5.77. The number of aromatic nitrogens is 2. The first-order valence-corrected chi connectivity index (χ1v) is 5.83. The molecule has 8 heteroatoms. The standard InChI is InChI=1S/C12H9ClF3N3O/c1-19-5-4-10(18-19)11(20)17-7-2-3-9(13)8(6-7)12(14,15)16/h2-6H,1H3,(H,17,20). The summed E-state index contributed by atoms with van der Waals surface area (Å²) in [6, 6.07) is 4.61. The number of amides is 1. The fraction of sp³-hybridized carbons (Fsp3) is 0.167. The third-order valence-corrected chi connectivity index (χ3v) is 2.81. The Morgan fingerprint density at radius 2 is 2.05 bits per heavy atom. The summed E-state index contributed by atoms with van der Waals surface area (Å²) in [5.41, 5.74) is -0.897. The molecule has 2 rings (SSSR count). The van der Waals surface area contributed by atoms with Crippen LogP contribution in [-0.2, 0) is 13.2 Å². The normalized spacial score (nSPS) is 11.4. The van der Waals surface area contributed by atoms with E-state index in [1.54, 1.807) is 13.2 Å². The maximum Gasteiger partial charge on any atom is 0.417 e. The van der Waals surface area contributed by atoms with E-state index in [9.17, 15) is 18.0 Å². The Hall–Kier alpha value is -2.02. The molecule has 0 aliphatic heterocycles. The van der Waals surface area contributed by atoms with E-state index in [0.717, 1.165) is 12.1 Å². The van der Waals surface area contributed by atoms with Crippen molar-refractivity contribution < 1.29 is 18.0 Å². The molecule has 2 aromatic rings. The third kappa shape index (κ3) is 3.11. The molecule has 4 nitrogen and oxygen atoms in total. The molecule has 20 heavy (non-hydrogen) atoms. The van der Waals surface area contributed by atoms with Crippen molar-refractivity contribution in [3.8, 4) is 0 Å². The summed E-state index contributed by atoms with van der Waals surface area (Å²) >= 11 is 5.49. The number of nitrogens with zero attached hydrogens (tertiary/aromatic N) is 2. The molecule has 1 amide bonds. The van der Waals surface area contributed by atoms with Gasteiger partial charge in [0.2, 0.25) is 0 Å². The first-order chi connectivity index (χ1) is 9.27. The largest absolute Gasteiger partial charge is 0.417 e. The highest BCUT2D eigenvalue weighted by atomic mass is 35.5. The number of nitrogens with one attached hydrogen (secondary N) is 1. The van der Waals surface area contributed by atoms with Crippen LogP contribution in [0.25, 0.3) is 0 Å². The van der Waals surface area contributed by atoms with E-state index in [4.69, 9.17) is 11.6 Å². The van der Waals surface area contributed by atoms with Gasteiger partial charge in [-0.1, -0.05) is 11.6 Å². The third-order valence-electron chi connectivity index (χ3n) is 2.48. The van der Waals surface area contributed by atoms with Gasteiger partial charge in [-0.05, 0) is 24.3 Å². The molecule has 0 aliphatic rings. The quantitative estimate of drug-likeness (QED) is 0.925. The van der Waals surface area contributed by atoms with Crippen LogP contribution in [0.2, 0.25) is 5.02 Å². The lowest BCUT2D eigenvalue weighted by atomic mass is 10.2. The first-order valence-electron chi connectivity index (χ1n) is 5.45. The average molecular weight is 304 g/mol.